The number of carbonyl (C=O) groups excluding carboxylic acids is 3. The molecule has 6 rings (SSSR count). The molecule has 5 atom stereocenters. The number of nitrogens with zero attached hydrogens (tertiary/aromatic N) is 2. The molecule has 3 fully saturated rings. The fourth-order valence-electron chi connectivity index (χ4n) is 6.35. The van der Waals surface area contributed by atoms with E-state index in [4.69, 9.17) is 0 Å². The van der Waals surface area contributed by atoms with Crippen LogP contribution in [0.15, 0.2) is 89.8 Å². The zero-order valence-corrected chi connectivity index (χ0v) is 21.0. The maximum Gasteiger partial charge on any atom is 0.243 e. The lowest BCUT2D eigenvalue weighted by atomic mass is 9.66. The Morgan fingerprint density at radius 1 is 0.757 bits per heavy atom. The standard InChI is InChI=1S/C29H26N2O5S/c1-18-12-14-21(15-13-18)37(35,36)30-17-23-25-22(28(33)31(29(25)34)20-10-6-3-7-11-20)16-24(32)26(23)27(30)19-8-4-2-5-9-19/h2-15,22-23,25-27H,16-17H2,1H3/t22-,23-,25-,26-,27-/m0/s1. The maximum absolute atomic E-state index is 14.0. The average molecular weight is 515 g/mol. The largest absolute Gasteiger partial charge is 0.299 e. The first-order chi connectivity index (χ1) is 17.8. The maximum atomic E-state index is 14.0. The topological polar surface area (TPSA) is 91.8 Å². The number of carbonyl (C=O) groups is 3. The van der Waals surface area contributed by atoms with E-state index < -0.39 is 39.7 Å². The van der Waals surface area contributed by atoms with Crippen LogP contribution in [0.4, 0.5) is 5.69 Å². The first-order valence-corrected chi connectivity index (χ1v) is 13.8. The molecule has 0 spiro atoms. The molecule has 1 aliphatic carbocycles. The van der Waals surface area contributed by atoms with Crippen LogP contribution >= 0.6 is 0 Å². The molecule has 3 aliphatic rings. The van der Waals surface area contributed by atoms with Gasteiger partial charge in [-0.3, -0.25) is 19.3 Å². The van der Waals surface area contributed by atoms with Gasteiger partial charge in [0.15, 0.2) is 0 Å². The Labute approximate surface area is 215 Å². The van der Waals surface area contributed by atoms with Crippen LogP contribution in [-0.2, 0) is 24.4 Å². The third kappa shape index (κ3) is 3.66. The van der Waals surface area contributed by atoms with Crippen LogP contribution in [0.25, 0.3) is 0 Å². The van der Waals surface area contributed by atoms with Crippen LogP contribution in [0.5, 0.6) is 0 Å². The zero-order chi connectivity index (χ0) is 25.9. The molecule has 3 aromatic carbocycles. The number of rotatable bonds is 4. The number of benzene rings is 3. The third-order valence-electron chi connectivity index (χ3n) is 8.02. The Hall–Kier alpha value is -3.62. The van der Waals surface area contributed by atoms with Crippen molar-refractivity contribution in [3.8, 4) is 0 Å². The molecular weight excluding hydrogens is 488 g/mol. The number of hydrogen-bond donors (Lipinski definition) is 0. The van der Waals surface area contributed by atoms with Crippen molar-refractivity contribution in [3.63, 3.8) is 0 Å². The van der Waals surface area contributed by atoms with Gasteiger partial charge in [-0.1, -0.05) is 66.2 Å². The lowest BCUT2D eigenvalue weighted by Crippen LogP contribution is -2.42. The van der Waals surface area contributed by atoms with Crippen molar-refractivity contribution in [2.24, 2.45) is 23.7 Å². The minimum absolute atomic E-state index is 0.00497. The summed E-state index contributed by atoms with van der Waals surface area (Å²) in [5.74, 6) is -3.75. The SMILES string of the molecule is Cc1ccc(S(=O)(=O)N2C[C@H]3[C@H]4C(=O)N(c5ccccc5)C(=O)[C@H]4CC(=O)[C@H]3[C@@H]2c2ccccc2)cc1. The molecule has 188 valence electrons. The quantitative estimate of drug-likeness (QED) is 0.495. The predicted octanol–water partition coefficient (Wildman–Crippen LogP) is 3.75. The fraction of sp³-hybridized carbons (Fsp3) is 0.276. The number of amides is 2. The number of aryl methyl sites for hydroxylation is 1. The molecule has 0 bridgehead atoms. The van der Waals surface area contributed by atoms with Crippen molar-refractivity contribution in [1.29, 1.82) is 0 Å². The minimum atomic E-state index is -3.99. The molecule has 2 amide bonds. The van der Waals surface area contributed by atoms with Crippen LogP contribution in [0.2, 0.25) is 0 Å². The van der Waals surface area contributed by atoms with Gasteiger partial charge in [0.05, 0.1) is 28.5 Å². The summed E-state index contributed by atoms with van der Waals surface area (Å²) < 4.78 is 29.3. The Morgan fingerprint density at radius 3 is 2.03 bits per heavy atom. The van der Waals surface area contributed by atoms with Gasteiger partial charge in [-0.05, 0) is 42.7 Å². The number of imide groups is 1. The van der Waals surface area contributed by atoms with Crippen molar-refractivity contribution >= 4 is 33.3 Å². The highest BCUT2D eigenvalue weighted by Crippen LogP contribution is 2.54. The van der Waals surface area contributed by atoms with Crippen molar-refractivity contribution in [2.45, 2.75) is 24.3 Å². The lowest BCUT2D eigenvalue weighted by molar-refractivity contribution is -0.136. The Bertz CT molecular complexity index is 1490. The number of fused-ring (bicyclic) bond motifs is 3. The Kier molecular flexibility index (Phi) is 5.62. The van der Waals surface area contributed by atoms with Crippen LogP contribution in [0.3, 0.4) is 0 Å². The summed E-state index contributed by atoms with van der Waals surface area (Å²) in [6.07, 6.45) is -0.0680. The molecule has 0 aromatic heterocycles. The summed E-state index contributed by atoms with van der Waals surface area (Å²) in [6.45, 7) is 1.88. The second kappa shape index (κ2) is 8.75. The second-order valence-electron chi connectivity index (χ2n) is 10.1. The zero-order valence-electron chi connectivity index (χ0n) is 20.2. The molecule has 37 heavy (non-hydrogen) atoms. The van der Waals surface area contributed by atoms with Gasteiger partial charge in [0.2, 0.25) is 21.8 Å². The van der Waals surface area contributed by atoms with Gasteiger partial charge in [-0.25, -0.2) is 8.42 Å². The molecule has 0 N–H and O–H groups in total. The minimum Gasteiger partial charge on any atom is -0.299 e. The molecule has 7 nitrogen and oxygen atoms in total. The number of anilines is 1. The molecule has 0 unspecified atom stereocenters. The summed E-state index contributed by atoms with van der Waals surface area (Å²) in [7, 11) is -3.99. The van der Waals surface area contributed by atoms with Gasteiger partial charge in [-0.2, -0.15) is 4.31 Å². The van der Waals surface area contributed by atoms with E-state index in [9.17, 15) is 22.8 Å². The molecule has 2 aliphatic heterocycles. The van der Waals surface area contributed by atoms with E-state index in [1.54, 1.807) is 54.6 Å². The van der Waals surface area contributed by atoms with Crippen molar-refractivity contribution in [2.75, 3.05) is 11.4 Å². The highest BCUT2D eigenvalue weighted by atomic mass is 32.2. The monoisotopic (exact) mass is 514 g/mol. The second-order valence-corrected chi connectivity index (χ2v) is 12.0. The number of sulfonamides is 1. The van der Waals surface area contributed by atoms with Gasteiger partial charge in [0.1, 0.15) is 5.78 Å². The number of hydrogen-bond acceptors (Lipinski definition) is 5. The molecular formula is C29H26N2O5S. The van der Waals surface area contributed by atoms with Crippen LogP contribution in [-0.4, -0.2) is 36.9 Å². The van der Waals surface area contributed by atoms with E-state index in [2.05, 4.69) is 0 Å². The van der Waals surface area contributed by atoms with Gasteiger partial charge in [0.25, 0.3) is 0 Å². The van der Waals surface area contributed by atoms with E-state index in [-0.39, 0.29) is 35.5 Å². The number of ketones is 1. The number of Topliss-reactive ketones (excluding diaryl/α,β-unsaturated/α-hetero) is 1. The van der Waals surface area contributed by atoms with Crippen molar-refractivity contribution in [3.05, 3.63) is 96.1 Å². The van der Waals surface area contributed by atoms with Gasteiger partial charge < -0.3 is 0 Å². The molecule has 8 heteroatoms. The summed E-state index contributed by atoms with van der Waals surface area (Å²) in [6, 6.07) is 23.7. The summed E-state index contributed by atoms with van der Waals surface area (Å²) >= 11 is 0. The smallest absolute Gasteiger partial charge is 0.243 e. The Morgan fingerprint density at radius 2 is 1.38 bits per heavy atom. The molecule has 3 aromatic rings. The van der Waals surface area contributed by atoms with Crippen LogP contribution in [0.1, 0.15) is 23.6 Å². The summed E-state index contributed by atoms with van der Waals surface area (Å²) in [4.78, 5) is 42.1. The van der Waals surface area contributed by atoms with Crippen molar-refractivity contribution < 1.29 is 22.8 Å². The van der Waals surface area contributed by atoms with Gasteiger partial charge in [-0.15, -0.1) is 0 Å². The highest BCUT2D eigenvalue weighted by molar-refractivity contribution is 7.89. The van der Waals surface area contributed by atoms with Crippen LogP contribution < -0.4 is 4.90 Å². The summed E-state index contributed by atoms with van der Waals surface area (Å²) in [5.41, 5.74) is 2.11. The summed E-state index contributed by atoms with van der Waals surface area (Å²) in [5, 5.41) is 0. The number of para-hydroxylation sites is 1. The lowest BCUT2D eigenvalue weighted by Gasteiger charge is -2.33. The molecule has 1 saturated carbocycles. The normalized spacial score (nSPS) is 27.9. The molecule has 2 heterocycles. The van der Waals surface area contributed by atoms with Gasteiger partial charge >= 0.3 is 0 Å². The van der Waals surface area contributed by atoms with E-state index in [1.165, 1.54) is 9.21 Å². The van der Waals surface area contributed by atoms with E-state index in [0.29, 0.717) is 11.3 Å². The van der Waals surface area contributed by atoms with Crippen molar-refractivity contribution in [1.82, 2.24) is 4.31 Å². The third-order valence-corrected chi connectivity index (χ3v) is 9.88. The highest BCUT2D eigenvalue weighted by Gasteiger charge is 2.63. The Balaban J connectivity index is 1.45. The van der Waals surface area contributed by atoms with E-state index in [1.807, 2.05) is 37.3 Å². The first kappa shape index (κ1) is 23.8. The first-order valence-electron chi connectivity index (χ1n) is 12.4. The average Bonchev–Trinajstić information content (AvgIpc) is 3.42. The fourth-order valence-corrected chi connectivity index (χ4v) is 8.02. The van der Waals surface area contributed by atoms with E-state index >= 15 is 0 Å². The molecule has 2 saturated heterocycles. The molecule has 0 radical (unpaired) electrons. The van der Waals surface area contributed by atoms with Gasteiger partial charge in [0, 0.05) is 18.9 Å². The van der Waals surface area contributed by atoms with E-state index in [0.717, 1.165) is 5.56 Å². The predicted molar refractivity (Wildman–Crippen MR) is 137 cm³/mol. The van der Waals surface area contributed by atoms with Crippen LogP contribution in [0, 0.1) is 30.6 Å².